The molecule has 0 radical (unpaired) electrons. The normalized spacial score (nSPS) is 21.7. The largest absolute Gasteiger partial charge is 0.493 e. The van der Waals surface area contributed by atoms with Crippen LogP contribution in [0.2, 0.25) is 5.02 Å². The van der Waals surface area contributed by atoms with E-state index in [-0.39, 0.29) is 36.1 Å². The number of likely N-dealkylation sites (tertiary alicyclic amines) is 1. The summed E-state index contributed by atoms with van der Waals surface area (Å²) in [6, 6.07) is 11.7. The van der Waals surface area contributed by atoms with Crippen LogP contribution in [0.4, 0.5) is 4.79 Å². The summed E-state index contributed by atoms with van der Waals surface area (Å²) < 4.78 is 11.0. The molecule has 2 aliphatic heterocycles. The van der Waals surface area contributed by atoms with Crippen LogP contribution in [0, 0.1) is 11.8 Å². The van der Waals surface area contributed by atoms with Gasteiger partial charge in [-0.3, -0.25) is 9.59 Å². The molecule has 2 heterocycles. The second-order valence-corrected chi connectivity index (χ2v) is 11.5. The van der Waals surface area contributed by atoms with Crippen LogP contribution >= 0.6 is 11.6 Å². The van der Waals surface area contributed by atoms with Gasteiger partial charge in [-0.25, -0.2) is 9.80 Å². The Labute approximate surface area is 250 Å². The van der Waals surface area contributed by atoms with Crippen LogP contribution in [0.25, 0.3) is 0 Å². The lowest BCUT2D eigenvalue weighted by Gasteiger charge is -2.43. The van der Waals surface area contributed by atoms with Crippen LogP contribution in [0.3, 0.4) is 0 Å². The minimum Gasteiger partial charge on any atom is -0.493 e. The van der Waals surface area contributed by atoms with E-state index in [1.807, 2.05) is 18.2 Å². The molecule has 3 aliphatic rings. The van der Waals surface area contributed by atoms with Crippen molar-refractivity contribution in [1.82, 2.24) is 15.2 Å². The Balaban J connectivity index is 1.34. The third-order valence-corrected chi connectivity index (χ3v) is 9.02. The maximum absolute atomic E-state index is 13.7. The van der Waals surface area contributed by atoms with Crippen molar-refractivity contribution in [3.63, 3.8) is 0 Å². The average Bonchev–Trinajstić information content (AvgIpc) is 3.01. The van der Waals surface area contributed by atoms with Gasteiger partial charge in [-0.05, 0) is 55.5 Å². The monoisotopic (exact) mass is 596 g/mol. The fourth-order valence-electron chi connectivity index (χ4n) is 6.48. The number of hydrazone groups is 1. The van der Waals surface area contributed by atoms with Crippen LogP contribution in [0.15, 0.2) is 47.6 Å². The molecule has 224 valence electrons. The number of rotatable bonds is 8. The zero-order valence-electron chi connectivity index (χ0n) is 23.9. The van der Waals surface area contributed by atoms with E-state index in [0.717, 1.165) is 37.0 Å². The molecule has 3 amide bonds. The number of ether oxygens (including phenoxy) is 2. The molecule has 11 heteroatoms. The fraction of sp³-hybridized carbons (Fsp3) is 0.484. The highest BCUT2D eigenvalue weighted by Gasteiger charge is 2.44. The van der Waals surface area contributed by atoms with Gasteiger partial charge in [0.05, 0.1) is 26.0 Å². The van der Waals surface area contributed by atoms with Crippen molar-refractivity contribution in [3.8, 4) is 11.5 Å². The molecule has 1 saturated heterocycles. The van der Waals surface area contributed by atoms with Gasteiger partial charge in [0.1, 0.15) is 6.04 Å². The predicted molar refractivity (Wildman–Crippen MR) is 158 cm³/mol. The number of carboxylic acid groups (broad SMARTS) is 1. The number of carbonyl (C=O) groups is 3. The van der Waals surface area contributed by atoms with E-state index in [2.05, 4.69) is 5.32 Å². The summed E-state index contributed by atoms with van der Waals surface area (Å²) in [6.45, 7) is 0.784. The van der Waals surface area contributed by atoms with Crippen molar-refractivity contribution in [2.24, 2.45) is 16.9 Å². The zero-order chi connectivity index (χ0) is 29.8. The van der Waals surface area contributed by atoms with E-state index in [1.54, 1.807) is 48.4 Å². The average molecular weight is 597 g/mol. The summed E-state index contributed by atoms with van der Waals surface area (Å²) >= 11 is 6.29. The van der Waals surface area contributed by atoms with Gasteiger partial charge in [-0.2, -0.15) is 5.10 Å². The summed E-state index contributed by atoms with van der Waals surface area (Å²) in [5.41, 5.74) is 2.50. The molecular weight excluding hydrogens is 560 g/mol. The molecule has 0 aromatic heterocycles. The lowest BCUT2D eigenvalue weighted by Crippen LogP contribution is -2.55. The number of halogens is 1. The molecule has 1 saturated carbocycles. The molecular formula is C31H37ClN4O6. The van der Waals surface area contributed by atoms with Crippen molar-refractivity contribution in [2.75, 3.05) is 27.3 Å². The Morgan fingerprint density at radius 3 is 2.38 bits per heavy atom. The highest BCUT2D eigenvalue weighted by molar-refractivity contribution is 6.31. The third-order valence-electron chi connectivity index (χ3n) is 8.65. The number of carbonyl (C=O) groups excluding carboxylic acids is 2. The molecule has 2 fully saturated rings. The molecule has 5 rings (SSSR count). The number of fused-ring (bicyclic) bond motifs is 1. The fourth-order valence-corrected chi connectivity index (χ4v) is 6.69. The highest BCUT2D eigenvalue weighted by atomic mass is 35.5. The van der Waals surface area contributed by atoms with Gasteiger partial charge >= 0.3 is 6.09 Å². The maximum Gasteiger partial charge on any atom is 0.405 e. The Morgan fingerprint density at radius 2 is 1.71 bits per heavy atom. The van der Waals surface area contributed by atoms with Gasteiger partial charge in [-0.1, -0.05) is 42.6 Å². The van der Waals surface area contributed by atoms with Crippen molar-refractivity contribution >= 4 is 35.2 Å². The first-order valence-corrected chi connectivity index (χ1v) is 14.8. The summed E-state index contributed by atoms with van der Waals surface area (Å²) in [5.74, 6) is 0.920. The molecule has 3 atom stereocenters. The highest BCUT2D eigenvalue weighted by Crippen LogP contribution is 2.40. The van der Waals surface area contributed by atoms with Gasteiger partial charge in [0.2, 0.25) is 11.8 Å². The van der Waals surface area contributed by atoms with E-state index >= 15 is 0 Å². The van der Waals surface area contributed by atoms with Crippen LogP contribution in [-0.2, 0) is 16.0 Å². The Morgan fingerprint density at radius 1 is 1.02 bits per heavy atom. The molecule has 10 nitrogen and oxygen atoms in total. The smallest absolute Gasteiger partial charge is 0.405 e. The number of piperidine rings is 1. The van der Waals surface area contributed by atoms with E-state index in [1.165, 1.54) is 0 Å². The zero-order valence-corrected chi connectivity index (χ0v) is 24.7. The summed E-state index contributed by atoms with van der Waals surface area (Å²) in [5, 5.41) is 18.9. The van der Waals surface area contributed by atoms with Crippen LogP contribution in [0.5, 0.6) is 11.5 Å². The molecule has 0 bridgehead atoms. The lowest BCUT2D eigenvalue weighted by atomic mass is 9.73. The Kier molecular flexibility index (Phi) is 9.21. The van der Waals surface area contributed by atoms with Gasteiger partial charge in [0.25, 0.3) is 0 Å². The number of hydrogen-bond donors (Lipinski definition) is 2. The van der Waals surface area contributed by atoms with Gasteiger partial charge in [0.15, 0.2) is 11.5 Å². The maximum atomic E-state index is 13.7. The molecule has 2 aromatic carbocycles. The molecule has 2 N–H and O–H groups in total. The Bertz CT molecular complexity index is 1360. The first-order valence-electron chi connectivity index (χ1n) is 14.5. The van der Waals surface area contributed by atoms with E-state index in [0.29, 0.717) is 48.0 Å². The minimum absolute atomic E-state index is 0.0509. The quantitative estimate of drug-likeness (QED) is 0.460. The summed E-state index contributed by atoms with van der Waals surface area (Å²) in [6.07, 6.45) is 3.78. The van der Waals surface area contributed by atoms with E-state index in [9.17, 15) is 19.5 Å². The van der Waals surface area contributed by atoms with E-state index in [4.69, 9.17) is 26.2 Å². The summed E-state index contributed by atoms with van der Waals surface area (Å²) in [4.78, 5) is 40.4. The standard InChI is InChI=1S/C31H37ClN4O6/c1-41-26-12-11-20(18-27(26)42-2)28-22-8-4-5-9-23(22)29(37)36(34-28)21-13-15-35(16-14-21)30(38)25(33-31(39)40)17-19-7-3-6-10-24(19)32/h3,6-7,10-12,18,21-23,25,33H,4-5,8-9,13-17H2,1-2H3,(H,39,40)/t22-,23+,25-/m0/s1. The van der Waals surface area contributed by atoms with Crippen LogP contribution < -0.4 is 14.8 Å². The number of nitrogens with zero attached hydrogens (tertiary/aromatic N) is 3. The first kappa shape index (κ1) is 29.7. The van der Waals surface area contributed by atoms with Crippen molar-refractivity contribution < 1.29 is 29.0 Å². The molecule has 42 heavy (non-hydrogen) atoms. The lowest BCUT2D eigenvalue weighted by molar-refractivity contribution is -0.143. The van der Waals surface area contributed by atoms with Crippen molar-refractivity contribution in [1.29, 1.82) is 0 Å². The topological polar surface area (TPSA) is 121 Å². The number of methoxy groups -OCH3 is 2. The predicted octanol–water partition coefficient (Wildman–Crippen LogP) is 4.58. The van der Waals surface area contributed by atoms with Crippen LogP contribution in [0.1, 0.15) is 49.7 Å². The number of nitrogens with one attached hydrogen (secondary N) is 1. The van der Waals surface area contributed by atoms with Crippen molar-refractivity contribution in [2.45, 2.75) is 57.0 Å². The van der Waals surface area contributed by atoms with Gasteiger partial charge < -0.3 is 24.8 Å². The Hall–Kier alpha value is -3.79. The second kappa shape index (κ2) is 13.0. The number of amides is 3. The van der Waals surface area contributed by atoms with Gasteiger partial charge in [-0.15, -0.1) is 0 Å². The third kappa shape index (κ3) is 6.18. The SMILES string of the molecule is COc1ccc(C2=NN(C3CCN(C(=O)[C@H](Cc4ccccc4Cl)NC(=O)O)CC3)C(=O)[C@@H]3CCCC[C@H]23)cc1OC. The molecule has 0 unspecified atom stereocenters. The van der Waals surface area contributed by atoms with Gasteiger partial charge in [0, 0.05) is 41.9 Å². The first-order chi connectivity index (χ1) is 20.3. The minimum atomic E-state index is -1.27. The van der Waals surface area contributed by atoms with Crippen LogP contribution in [-0.4, -0.2) is 78.0 Å². The summed E-state index contributed by atoms with van der Waals surface area (Å²) in [7, 11) is 3.20. The van der Waals surface area contributed by atoms with Crippen molar-refractivity contribution in [3.05, 3.63) is 58.6 Å². The van der Waals surface area contributed by atoms with E-state index < -0.39 is 12.1 Å². The number of benzene rings is 2. The molecule has 1 aliphatic carbocycles. The number of hydrogen-bond acceptors (Lipinski definition) is 6. The second-order valence-electron chi connectivity index (χ2n) is 11.1. The molecule has 0 spiro atoms. The molecule has 2 aromatic rings.